The fourth-order valence-electron chi connectivity index (χ4n) is 17.4. The summed E-state index contributed by atoms with van der Waals surface area (Å²) in [7, 11) is 4.61. The average Bonchev–Trinajstić information content (AvgIpc) is 1.38. The highest BCUT2D eigenvalue weighted by molar-refractivity contribution is 5.87. The monoisotopic (exact) mass is 1340 g/mol. The minimum atomic E-state index is -2.06. The number of allylic oxidation sites excluding steroid dienone is 1. The zero-order valence-corrected chi connectivity index (χ0v) is 57.0. The number of rotatable bonds is 20. The molecule has 0 spiro atoms. The Balaban J connectivity index is 0.685. The number of fused-ring (bicyclic) bond motifs is 5. The summed E-state index contributed by atoms with van der Waals surface area (Å²) in [4.78, 5) is 26.9. The van der Waals surface area contributed by atoms with Crippen molar-refractivity contribution in [2.24, 2.45) is 22.7 Å². The zero-order valence-electron chi connectivity index (χ0n) is 57.0. The van der Waals surface area contributed by atoms with Crippen molar-refractivity contribution in [2.75, 3.05) is 27.9 Å². The first-order valence-electron chi connectivity index (χ1n) is 34.0. The van der Waals surface area contributed by atoms with Gasteiger partial charge in [-0.1, -0.05) is 38.0 Å². The molecule has 0 amide bonds. The number of esters is 1. The lowest BCUT2D eigenvalue weighted by atomic mass is 9.42. The van der Waals surface area contributed by atoms with E-state index in [4.69, 9.17) is 75.8 Å². The fraction of sp³-hybridized carbons (Fsp3) is 0.910. The van der Waals surface area contributed by atoms with Crippen LogP contribution in [0.4, 0.5) is 0 Å². The molecule has 10 rings (SSSR count). The molecule has 9 N–H and O–H groups in total. The van der Waals surface area contributed by atoms with Crippen molar-refractivity contribution < 1.29 is 131 Å². The maximum absolute atomic E-state index is 13.6. The van der Waals surface area contributed by atoms with Crippen LogP contribution in [-0.4, -0.2) is 268 Å². The van der Waals surface area contributed by atoms with Gasteiger partial charge in [0.1, 0.15) is 77.8 Å². The second-order valence-electron chi connectivity index (χ2n) is 29.2. The van der Waals surface area contributed by atoms with E-state index >= 15 is 0 Å². The fourth-order valence-corrected chi connectivity index (χ4v) is 17.4. The first-order valence-corrected chi connectivity index (χ1v) is 34.0. The highest BCUT2D eigenvalue weighted by Crippen LogP contribution is 2.71. The number of aliphatic hydroxyl groups excluding tert-OH is 6. The van der Waals surface area contributed by atoms with Gasteiger partial charge >= 0.3 is 5.97 Å². The van der Waals surface area contributed by atoms with E-state index in [0.29, 0.717) is 19.3 Å². The minimum Gasteiger partial charge on any atom is -0.458 e. The van der Waals surface area contributed by atoms with E-state index in [1.807, 2.05) is 47.6 Å². The van der Waals surface area contributed by atoms with Crippen molar-refractivity contribution >= 4 is 11.8 Å². The van der Waals surface area contributed by atoms with Crippen LogP contribution in [0.15, 0.2) is 23.3 Å². The van der Waals surface area contributed by atoms with Crippen LogP contribution in [0.1, 0.15) is 153 Å². The van der Waals surface area contributed by atoms with E-state index in [1.165, 1.54) is 20.1 Å². The molecule has 94 heavy (non-hydrogen) atoms. The maximum Gasteiger partial charge on any atom is 0.330 e. The van der Waals surface area contributed by atoms with Gasteiger partial charge in [0, 0.05) is 65.4 Å². The van der Waals surface area contributed by atoms with E-state index in [-0.39, 0.29) is 69.8 Å². The van der Waals surface area contributed by atoms with Gasteiger partial charge in [-0.2, -0.15) is 0 Å². The van der Waals surface area contributed by atoms with E-state index < -0.39 is 212 Å². The van der Waals surface area contributed by atoms with Crippen LogP contribution in [-0.2, 0) is 85.4 Å². The Bertz CT molecular complexity index is 2620. The summed E-state index contributed by atoms with van der Waals surface area (Å²) in [6, 6.07) is 0. The average molecular weight is 1350 g/mol. The number of ether oxygens (including phenoxy) is 16. The predicted octanol–water partition coefficient (Wildman–Crippen LogP) is 2.18. The van der Waals surface area contributed by atoms with Crippen LogP contribution in [0.25, 0.3) is 0 Å². The smallest absolute Gasteiger partial charge is 0.330 e. The normalized spacial score (nSPS) is 50.9. The van der Waals surface area contributed by atoms with Crippen LogP contribution in [0, 0.1) is 22.7 Å². The van der Waals surface area contributed by atoms with E-state index in [0.717, 1.165) is 11.1 Å². The molecule has 0 aromatic rings. The maximum atomic E-state index is 13.6. The van der Waals surface area contributed by atoms with E-state index in [2.05, 4.69) is 6.92 Å². The Labute approximate surface area is 551 Å². The summed E-state index contributed by atoms with van der Waals surface area (Å²) in [6.07, 6.45) is -17.6. The van der Waals surface area contributed by atoms with Crippen molar-refractivity contribution in [3.63, 3.8) is 0 Å². The van der Waals surface area contributed by atoms with Crippen molar-refractivity contribution in [1.29, 1.82) is 0 Å². The SMILES string of the molecule is CO[C@H]1C[C@H](O[C@H]2[C@@H](O)C[C@H](O[C@H]3[C@H](C)O[C@@H](O[C@H]4[C@@H](O)C[C@H](O[C@H]5CC[C@@]6(C)C(=CC[C@]7(O)[C@@H]6C[C@@H](OC(=O)/C=C(\C)C(C)C)[C@@]6(C)[C@]7(O)CC[C@@]6(O)C(C)=O)C5)O[C@@H]4C)C[C@H]3OC)O[C@@H]2C)O[C@H](C)[C@H]1O[C@H]1C[C@@H](OC)[C@@H](O[C@@H]2O[C@H](CO)[C@@H](O)[C@H](O)[C@H]2O)[C@H](C)O1. The topological polar surface area (TPSA) is 364 Å². The first-order chi connectivity index (χ1) is 44.3. The van der Waals surface area contributed by atoms with Crippen molar-refractivity contribution in [3.8, 4) is 0 Å². The second-order valence-corrected chi connectivity index (χ2v) is 29.2. The molecular formula is C67H108O27. The number of Topliss-reactive ketones (excluding diaryl/α,β-unsaturated/α-hetero) is 1. The lowest BCUT2D eigenvalue weighted by Crippen LogP contribution is -2.78. The third-order valence-electron chi connectivity index (χ3n) is 23.4. The minimum absolute atomic E-state index is 0.0526. The Morgan fingerprint density at radius 3 is 1.51 bits per heavy atom. The Morgan fingerprint density at radius 1 is 0.596 bits per heavy atom. The summed E-state index contributed by atoms with van der Waals surface area (Å²) in [5, 5.41) is 102. The Morgan fingerprint density at radius 2 is 1.05 bits per heavy atom. The number of carbonyl (C=O) groups excluding carboxylic acids is 2. The van der Waals surface area contributed by atoms with Gasteiger partial charge in [-0.05, 0) is 112 Å². The highest BCUT2D eigenvalue weighted by Gasteiger charge is 2.81. The molecule has 9 fully saturated rings. The van der Waals surface area contributed by atoms with Crippen LogP contribution < -0.4 is 0 Å². The summed E-state index contributed by atoms with van der Waals surface area (Å²) in [5.41, 5.74) is -6.39. The molecule has 538 valence electrons. The molecule has 27 heteroatoms. The van der Waals surface area contributed by atoms with Gasteiger partial charge in [-0.3, -0.25) is 4.79 Å². The molecule has 33 atom stereocenters. The van der Waals surface area contributed by atoms with Crippen LogP contribution in [0.2, 0.25) is 0 Å². The second kappa shape index (κ2) is 29.3. The Kier molecular flexibility index (Phi) is 23.2. The molecule has 10 aliphatic rings. The molecule has 0 bridgehead atoms. The van der Waals surface area contributed by atoms with Gasteiger partial charge in [0.15, 0.2) is 43.5 Å². The van der Waals surface area contributed by atoms with E-state index in [9.17, 15) is 55.5 Å². The number of ketones is 1. The summed E-state index contributed by atoms with van der Waals surface area (Å²) < 4.78 is 99.9. The van der Waals surface area contributed by atoms with Gasteiger partial charge in [0.25, 0.3) is 0 Å². The molecular weight excluding hydrogens is 1240 g/mol. The molecule has 0 unspecified atom stereocenters. The largest absolute Gasteiger partial charge is 0.458 e. The number of methoxy groups -OCH3 is 3. The summed E-state index contributed by atoms with van der Waals surface area (Å²) in [6.45, 7) is 19.0. The van der Waals surface area contributed by atoms with Crippen LogP contribution in [0.3, 0.4) is 0 Å². The predicted molar refractivity (Wildman–Crippen MR) is 326 cm³/mol. The quantitative estimate of drug-likeness (QED) is 0.0479. The third-order valence-corrected chi connectivity index (χ3v) is 23.4. The molecule has 3 saturated carbocycles. The Hall–Kier alpha value is -2.34. The van der Waals surface area contributed by atoms with Crippen molar-refractivity contribution in [2.45, 2.75) is 336 Å². The highest BCUT2D eigenvalue weighted by atomic mass is 16.8. The number of hydrogen-bond acceptors (Lipinski definition) is 27. The van der Waals surface area contributed by atoms with Gasteiger partial charge in [0.2, 0.25) is 0 Å². The van der Waals surface area contributed by atoms with Crippen molar-refractivity contribution in [3.05, 3.63) is 23.3 Å². The standard InChI is InChI=1S/C67H108O27/c1-30(2)31(3)21-48(72)89-47-28-46-63(10)17-16-39(22-38(63)15-18-66(46,77)67(78)20-19-65(76,37(9)69)64(47,67)11)87-49-23-40(70)57(32(4)82-49)90-51-25-42(79-12)59(34(6)84-51)92-50-24-41(71)58(33(5)83-50)91-52-26-43(80-13)60(35(7)85-52)93-53-27-44(81-14)61(36(8)86-53)94-62-56(75)55(74)54(73)45(29-68)88-62/h15,21,30,32-36,39-47,49-62,68,70-71,73-78H,16-20,22-29H2,1-14H3/b31-21+/t32-,33-,34+,35-,36+,39+,40+,41+,42-,43+,44-,45-,46-,47-,49+,50+,51+,52+,53+,54-,55+,56-,57-,58-,59+,60-,61+,62+,63+,64-,65-,66+,67-/m1/s1. The van der Waals surface area contributed by atoms with Gasteiger partial charge in [-0.15, -0.1) is 0 Å². The lowest BCUT2D eigenvalue weighted by molar-refractivity contribution is -0.359. The first kappa shape index (κ1) is 74.4. The molecule has 6 aliphatic heterocycles. The lowest BCUT2D eigenvalue weighted by Gasteiger charge is -2.67. The molecule has 0 radical (unpaired) electrons. The molecule has 6 saturated heterocycles. The van der Waals surface area contributed by atoms with E-state index in [1.54, 1.807) is 35.0 Å². The number of hydrogen-bond donors (Lipinski definition) is 9. The molecule has 0 aromatic carbocycles. The number of carbonyl (C=O) groups is 2. The molecule has 6 heterocycles. The summed E-state index contributed by atoms with van der Waals surface area (Å²) in [5.74, 6) is -1.74. The molecule has 0 aromatic heterocycles. The summed E-state index contributed by atoms with van der Waals surface area (Å²) >= 11 is 0. The van der Waals surface area contributed by atoms with Gasteiger partial charge < -0.3 is 122 Å². The number of aliphatic hydroxyl groups is 9. The van der Waals surface area contributed by atoms with Crippen LogP contribution >= 0.6 is 0 Å². The molecule has 27 nitrogen and oxygen atoms in total. The van der Waals surface area contributed by atoms with Crippen molar-refractivity contribution in [1.82, 2.24) is 0 Å². The van der Waals surface area contributed by atoms with Gasteiger partial charge in [0.05, 0.1) is 79.2 Å². The van der Waals surface area contributed by atoms with Crippen LogP contribution in [0.5, 0.6) is 0 Å². The van der Waals surface area contributed by atoms with Gasteiger partial charge in [-0.25, -0.2) is 4.79 Å². The zero-order chi connectivity index (χ0) is 68.5. The third kappa shape index (κ3) is 13.8. The molecule has 4 aliphatic carbocycles.